The maximum Gasteiger partial charge on any atom is 0.313 e. The van der Waals surface area contributed by atoms with Gasteiger partial charge in [-0.1, -0.05) is 6.07 Å². The summed E-state index contributed by atoms with van der Waals surface area (Å²) in [7, 11) is 1.33. The van der Waals surface area contributed by atoms with Crippen LogP contribution in [0.2, 0.25) is 0 Å². The maximum atomic E-state index is 11.8. The average Bonchev–Trinajstić information content (AvgIpc) is 2.47. The Hall–Kier alpha value is -1.46. The van der Waals surface area contributed by atoms with Crippen LogP contribution in [-0.2, 0) is 9.53 Å². The molecule has 0 aliphatic heterocycles. The number of phenolic OH excluding ortho intramolecular Hbond substituents is 1. The fourth-order valence-electron chi connectivity index (χ4n) is 2.36. The van der Waals surface area contributed by atoms with Gasteiger partial charge in [-0.25, -0.2) is 0 Å². The number of halogens is 1. The third-order valence-corrected chi connectivity index (χ3v) is 3.97. The van der Waals surface area contributed by atoms with Crippen LogP contribution in [0.4, 0.5) is 5.69 Å². The molecule has 0 saturated heterocycles. The van der Waals surface area contributed by atoms with Crippen LogP contribution in [0.5, 0.6) is 5.75 Å². The van der Waals surface area contributed by atoms with Crippen LogP contribution in [0.25, 0.3) is 0 Å². The third kappa shape index (κ3) is 4.05. The van der Waals surface area contributed by atoms with E-state index >= 15 is 0 Å². The molecule has 0 radical (unpaired) electrons. The number of ether oxygens (including phenoxy) is 1. The first-order chi connectivity index (χ1) is 9.79. The number of methoxy groups -OCH3 is 1. The fraction of sp³-hybridized carbons (Fsp3) is 0.562. The molecule has 1 aromatic carbocycles. The normalized spacial score (nSPS) is 12.3. The van der Waals surface area contributed by atoms with Gasteiger partial charge in [-0.3, -0.25) is 4.79 Å². The number of carbonyl (C=O) groups excluding carboxylic acids is 1. The molecule has 0 aliphatic carbocycles. The SMILES string of the molecule is CCN(CC)c1ccc([C@@H](N)C(C)(C)C(=O)OC)c(O)c1.Cl. The van der Waals surface area contributed by atoms with Gasteiger partial charge >= 0.3 is 5.97 Å². The maximum absolute atomic E-state index is 11.8. The molecule has 3 N–H and O–H groups in total. The first kappa shape index (κ1) is 20.5. The molecule has 0 fully saturated rings. The van der Waals surface area contributed by atoms with E-state index in [-0.39, 0.29) is 18.2 Å². The molecule has 6 heteroatoms. The molecule has 0 aromatic heterocycles. The number of nitrogens with two attached hydrogens (primary N) is 1. The summed E-state index contributed by atoms with van der Waals surface area (Å²) in [5.74, 6) is -0.300. The van der Waals surface area contributed by atoms with Crippen molar-refractivity contribution in [2.75, 3.05) is 25.1 Å². The Kier molecular flexibility index (Phi) is 7.70. The zero-order valence-electron chi connectivity index (χ0n) is 13.9. The van der Waals surface area contributed by atoms with E-state index in [4.69, 9.17) is 10.5 Å². The molecule has 0 amide bonds. The van der Waals surface area contributed by atoms with Crippen molar-refractivity contribution in [1.29, 1.82) is 0 Å². The second kappa shape index (κ2) is 8.25. The highest BCUT2D eigenvalue weighted by Gasteiger charge is 2.37. The van der Waals surface area contributed by atoms with E-state index in [9.17, 15) is 9.90 Å². The summed E-state index contributed by atoms with van der Waals surface area (Å²) in [6.07, 6.45) is 0. The van der Waals surface area contributed by atoms with Crippen LogP contribution in [0.1, 0.15) is 39.3 Å². The zero-order valence-corrected chi connectivity index (χ0v) is 14.7. The number of aromatic hydroxyl groups is 1. The molecular weight excluding hydrogens is 304 g/mol. The number of benzene rings is 1. The molecule has 1 rings (SSSR count). The first-order valence-electron chi connectivity index (χ1n) is 7.21. The van der Waals surface area contributed by atoms with Gasteiger partial charge in [0.2, 0.25) is 0 Å². The van der Waals surface area contributed by atoms with Gasteiger partial charge in [0.15, 0.2) is 0 Å². The fourth-order valence-corrected chi connectivity index (χ4v) is 2.36. The summed E-state index contributed by atoms with van der Waals surface area (Å²) in [5, 5.41) is 10.3. The van der Waals surface area contributed by atoms with Crippen LogP contribution >= 0.6 is 12.4 Å². The second-order valence-electron chi connectivity index (χ2n) is 5.61. The molecule has 0 heterocycles. The highest BCUT2D eigenvalue weighted by molar-refractivity contribution is 5.85. The Morgan fingerprint density at radius 2 is 1.91 bits per heavy atom. The van der Waals surface area contributed by atoms with Crippen molar-refractivity contribution in [3.63, 3.8) is 0 Å². The number of hydrogen-bond acceptors (Lipinski definition) is 5. The van der Waals surface area contributed by atoms with E-state index < -0.39 is 17.4 Å². The summed E-state index contributed by atoms with van der Waals surface area (Å²) >= 11 is 0. The Bertz CT molecular complexity index is 502. The minimum absolute atomic E-state index is 0. The number of hydrogen-bond donors (Lipinski definition) is 2. The average molecular weight is 331 g/mol. The molecule has 0 bridgehead atoms. The topological polar surface area (TPSA) is 75.8 Å². The van der Waals surface area contributed by atoms with E-state index in [1.54, 1.807) is 26.0 Å². The van der Waals surface area contributed by atoms with Crippen molar-refractivity contribution in [2.45, 2.75) is 33.7 Å². The number of phenols is 1. The number of esters is 1. The molecule has 22 heavy (non-hydrogen) atoms. The lowest BCUT2D eigenvalue weighted by molar-refractivity contribution is -0.152. The monoisotopic (exact) mass is 330 g/mol. The van der Waals surface area contributed by atoms with Gasteiger partial charge < -0.3 is 20.5 Å². The second-order valence-corrected chi connectivity index (χ2v) is 5.61. The summed E-state index contributed by atoms with van der Waals surface area (Å²) in [5.41, 5.74) is 6.73. The third-order valence-electron chi connectivity index (χ3n) is 3.97. The highest BCUT2D eigenvalue weighted by atomic mass is 35.5. The summed E-state index contributed by atoms with van der Waals surface area (Å²) in [6, 6.07) is 4.74. The van der Waals surface area contributed by atoms with Crippen molar-refractivity contribution in [1.82, 2.24) is 0 Å². The summed E-state index contributed by atoms with van der Waals surface area (Å²) < 4.78 is 4.79. The van der Waals surface area contributed by atoms with E-state index in [0.29, 0.717) is 5.56 Å². The van der Waals surface area contributed by atoms with Crippen molar-refractivity contribution < 1.29 is 14.6 Å². The van der Waals surface area contributed by atoms with Gasteiger partial charge in [0.25, 0.3) is 0 Å². The molecule has 0 saturated carbocycles. The van der Waals surface area contributed by atoms with Crippen LogP contribution in [0.15, 0.2) is 18.2 Å². The molecule has 126 valence electrons. The molecule has 1 atom stereocenters. The van der Waals surface area contributed by atoms with Crippen molar-refractivity contribution in [3.05, 3.63) is 23.8 Å². The molecule has 1 aromatic rings. The van der Waals surface area contributed by atoms with E-state index in [2.05, 4.69) is 18.7 Å². The summed E-state index contributed by atoms with van der Waals surface area (Å²) in [6.45, 7) is 9.24. The first-order valence-corrected chi connectivity index (χ1v) is 7.21. The number of nitrogens with zero attached hydrogens (tertiary/aromatic N) is 1. The van der Waals surface area contributed by atoms with Gasteiger partial charge in [0.1, 0.15) is 5.75 Å². The molecule has 5 nitrogen and oxygen atoms in total. The molecule has 0 aliphatic rings. The predicted octanol–water partition coefficient (Wildman–Crippen LogP) is 2.86. The highest BCUT2D eigenvalue weighted by Crippen LogP contribution is 2.38. The Labute approximate surface area is 138 Å². The van der Waals surface area contributed by atoms with Crippen LogP contribution in [0, 0.1) is 5.41 Å². The lowest BCUT2D eigenvalue weighted by Crippen LogP contribution is -2.37. The van der Waals surface area contributed by atoms with Gasteiger partial charge in [-0.2, -0.15) is 0 Å². The van der Waals surface area contributed by atoms with Crippen molar-refractivity contribution in [2.24, 2.45) is 11.1 Å². The number of anilines is 1. The molecular formula is C16H27ClN2O3. The van der Waals surface area contributed by atoms with Gasteiger partial charge in [-0.15, -0.1) is 12.4 Å². The standard InChI is InChI=1S/C16H26N2O3.ClH/c1-6-18(7-2)11-8-9-12(13(19)10-11)14(17)16(3,4)15(20)21-5;/h8-10,14,19H,6-7,17H2,1-5H3;1H/t14-;/m1./s1. The quantitative estimate of drug-likeness (QED) is 0.784. The van der Waals surface area contributed by atoms with Gasteiger partial charge in [-0.05, 0) is 33.8 Å². The minimum Gasteiger partial charge on any atom is -0.508 e. The Morgan fingerprint density at radius 1 is 1.36 bits per heavy atom. The largest absolute Gasteiger partial charge is 0.508 e. The number of rotatable bonds is 6. The van der Waals surface area contributed by atoms with Gasteiger partial charge in [0.05, 0.1) is 12.5 Å². The Balaban J connectivity index is 0.00000441. The van der Waals surface area contributed by atoms with Crippen LogP contribution < -0.4 is 10.6 Å². The van der Waals surface area contributed by atoms with Gasteiger partial charge in [0, 0.05) is 36.4 Å². The Morgan fingerprint density at radius 3 is 2.32 bits per heavy atom. The predicted molar refractivity (Wildman–Crippen MR) is 91.6 cm³/mol. The lowest BCUT2D eigenvalue weighted by atomic mass is 9.80. The van der Waals surface area contributed by atoms with Crippen molar-refractivity contribution >= 4 is 24.1 Å². The summed E-state index contributed by atoms with van der Waals surface area (Å²) in [4.78, 5) is 14.0. The molecule has 0 unspecified atom stereocenters. The van der Waals surface area contributed by atoms with E-state index in [0.717, 1.165) is 18.8 Å². The zero-order chi connectivity index (χ0) is 16.2. The van der Waals surface area contributed by atoms with E-state index in [1.807, 2.05) is 6.07 Å². The smallest absolute Gasteiger partial charge is 0.313 e. The van der Waals surface area contributed by atoms with E-state index in [1.165, 1.54) is 7.11 Å². The lowest BCUT2D eigenvalue weighted by Gasteiger charge is -2.30. The van der Waals surface area contributed by atoms with Crippen LogP contribution in [0.3, 0.4) is 0 Å². The number of carbonyl (C=O) groups is 1. The minimum atomic E-state index is -0.914. The van der Waals surface area contributed by atoms with Crippen molar-refractivity contribution in [3.8, 4) is 5.75 Å². The molecule has 0 spiro atoms. The van der Waals surface area contributed by atoms with Crippen LogP contribution in [-0.4, -0.2) is 31.3 Å².